The van der Waals surface area contributed by atoms with Gasteiger partial charge in [0.05, 0.1) is 6.61 Å². The van der Waals surface area contributed by atoms with Crippen LogP contribution in [0.3, 0.4) is 0 Å². The highest BCUT2D eigenvalue weighted by Gasteiger charge is 2.25. The van der Waals surface area contributed by atoms with Crippen LogP contribution in [0.4, 0.5) is 4.39 Å². The lowest BCUT2D eigenvalue weighted by Crippen LogP contribution is -2.41. The van der Waals surface area contributed by atoms with Gasteiger partial charge in [-0.05, 0) is 61.7 Å². The molecular weight excluding hydrogens is 381 g/mol. The van der Waals surface area contributed by atoms with Crippen molar-refractivity contribution in [2.24, 2.45) is 5.92 Å². The molecule has 0 bridgehead atoms. The molecule has 1 aliphatic heterocycles. The molecule has 1 aromatic heterocycles. The lowest BCUT2D eigenvalue weighted by atomic mass is 9.98. The summed E-state index contributed by atoms with van der Waals surface area (Å²) < 4.78 is 20.9. The van der Waals surface area contributed by atoms with Crippen molar-refractivity contribution in [2.75, 3.05) is 19.7 Å². The zero-order valence-electron chi connectivity index (χ0n) is 17.1. The van der Waals surface area contributed by atoms with Crippen molar-refractivity contribution in [3.05, 3.63) is 83.7 Å². The lowest BCUT2D eigenvalue weighted by Gasteiger charge is -2.32. The van der Waals surface area contributed by atoms with Crippen LogP contribution in [0.2, 0.25) is 0 Å². The second-order valence-electron chi connectivity index (χ2n) is 7.83. The first kappa shape index (κ1) is 20.1. The molecule has 0 N–H and O–H groups in total. The number of likely N-dealkylation sites (tertiary alicyclic amines) is 1. The van der Waals surface area contributed by atoms with Crippen molar-refractivity contribution in [3.63, 3.8) is 0 Å². The second-order valence-corrected chi connectivity index (χ2v) is 7.83. The molecule has 0 spiro atoms. The molecule has 0 aliphatic carbocycles. The Labute approximate surface area is 176 Å². The highest BCUT2D eigenvalue weighted by Crippen LogP contribution is 2.21. The minimum Gasteiger partial charge on any atom is -0.493 e. The number of hydrogen-bond donors (Lipinski definition) is 0. The maximum absolute atomic E-state index is 13.1. The normalized spacial score (nSPS) is 16.5. The molecule has 1 fully saturated rings. The molecule has 30 heavy (non-hydrogen) atoms. The molecule has 5 nitrogen and oxygen atoms in total. The van der Waals surface area contributed by atoms with Gasteiger partial charge in [-0.25, -0.2) is 9.37 Å². The van der Waals surface area contributed by atoms with E-state index in [2.05, 4.69) is 9.55 Å². The first-order valence-corrected chi connectivity index (χ1v) is 10.3. The van der Waals surface area contributed by atoms with Crippen LogP contribution >= 0.6 is 0 Å². The zero-order chi connectivity index (χ0) is 20.9. The molecule has 2 heterocycles. The maximum Gasteiger partial charge on any atom is 0.253 e. The highest BCUT2D eigenvalue weighted by molar-refractivity contribution is 5.94. The number of rotatable bonds is 6. The van der Waals surface area contributed by atoms with Gasteiger partial charge >= 0.3 is 0 Å². The number of carbonyl (C=O) groups is 1. The van der Waals surface area contributed by atoms with Crippen LogP contribution in [0.15, 0.2) is 60.9 Å². The van der Waals surface area contributed by atoms with E-state index in [-0.39, 0.29) is 17.6 Å². The van der Waals surface area contributed by atoms with Gasteiger partial charge < -0.3 is 14.2 Å². The Bertz CT molecular complexity index is 1000. The SMILES string of the molecule is Cc1nccn1Cc1cccc(C(=O)N2CCCC(COc3ccc(F)cc3)C2)c1. The monoisotopic (exact) mass is 407 g/mol. The van der Waals surface area contributed by atoms with Gasteiger partial charge in [0, 0.05) is 43.5 Å². The van der Waals surface area contributed by atoms with Crippen LogP contribution in [-0.2, 0) is 6.54 Å². The van der Waals surface area contributed by atoms with E-state index in [9.17, 15) is 9.18 Å². The summed E-state index contributed by atoms with van der Waals surface area (Å²) in [4.78, 5) is 19.3. The molecule has 1 aliphatic rings. The smallest absolute Gasteiger partial charge is 0.253 e. The van der Waals surface area contributed by atoms with Crippen LogP contribution in [0.1, 0.15) is 34.6 Å². The fourth-order valence-electron chi connectivity index (χ4n) is 3.88. The van der Waals surface area contributed by atoms with Crippen LogP contribution in [-0.4, -0.2) is 40.1 Å². The van der Waals surface area contributed by atoms with Crippen LogP contribution < -0.4 is 4.74 Å². The number of amides is 1. The van der Waals surface area contributed by atoms with Gasteiger partial charge in [0.15, 0.2) is 0 Å². The Hall–Kier alpha value is -3.15. The molecule has 1 amide bonds. The van der Waals surface area contributed by atoms with Gasteiger partial charge in [-0.3, -0.25) is 4.79 Å². The third-order valence-electron chi connectivity index (χ3n) is 5.56. The van der Waals surface area contributed by atoms with E-state index < -0.39 is 0 Å². The number of halogens is 1. The molecular formula is C24H26FN3O2. The second kappa shape index (κ2) is 9.11. The summed E-state index contributed by atoms with van der Waals surface area (Å²) in [6.07, 6.45) is 5.70. The van der Waals surface area contributed by atoms with Crippen molar-refractivity contribution in [1.29, 1.82) is 0 Å². The predicted molar refractivity (Wildman–Crippen MR) is 113 cm³/mol. The molecule has 0 saturated carbocycles. The highest BCUT2D eigenvalue weighted by atomic mass is 19.1. The number of benzene rings is 2. The average Bonchev–Trinajstić information content (AvgIpc) is 3.17. The Morgan fingerprint density at radius 3 is 2.83 bits per heavy atom. The first-order chi connectivity index (χ1) is 14.6. The molecule has 1 atom stereocenters. The summed E-state index contributed by atoms with van der Waals surface area (Å²) in [5.74, 6) is 1.66. The van der Waals surface area contributed by atoms with Gasteiger partial charge in [0.2, 0.25) is 0 Å². The Kier molecular flexibility index (Phi) is 6.12. The van der Waals surface area contributed by atoms with E-state index in [1.165, 1.54) is 12.1 Å². The van der Waals surface area contributed by atoms with Crippen LogP contribution in [0.5, 0.6) is 5.75 Å². The van der Waals surface area contributed by atoms with Gasteiger partial charge in [-0.15, -0.1) is 0 Å². The van der Waals surface area contributed by atoms with Crippen molar-refractivity contribution < 1.29 is 13.9 Å². The lowest BCUT2D eigenvalue weighted by molar-refractivity contribution is 0.0633. The number of piperidine rings is 1. The van der Waals surface area contributed by atoms with Crippen molar-refractivity contribution in [3.8, 4) is 5.75 Å². The van der Waals surface area contributed by atoms with Gasteiger partial charge in [-0.1, -0.05) is 12.1 Å². The van der Waals surface area contributed by atoms with Gasteiger partial charge in [-0.2, -0.15) is 0 Å². The molecule has 156 valence electrons. The maximum atomic E-state index is 13.1. The molecule has 1 saturated heterocycles. The Morgan fingerprint density at radius 2 is 2.07 bits per heavy atom. The topological polar surface area (TPSA) is 47.4 Å². The number of aromatic nitrogens is 2. The van der Waals surface area contributed by atoms with Gasteiger partial charge in [0.25, 0.3) is 5.91 Å². The minimum atomic E-state index is -0.276. The van der Waals surface area contributed by atoms with Crippen LogP contribution in [0.25, 0.3) is 0 Å². The number of hydrogen-bond acceptors (Lipinski definition) is 3. The number of carbonyl (C=O) groups excluding carboxylic acids is 1. The predicted octanol–water partition coefficient (Wildman–Crippen LogP) is 4.31. The Morgan fingerprint density at radius 1 is 1.23 bits per heavy atom. The number of imidazole rings is 1. The molecule has 1 unspecified atom stereocenters. The van der Waals surface area contributed by atoms with E-state index in [0.717, 1.165) is 30.8 Å². The fourth-order valence-corrected chi connectivity index (χ4v) is 3.88. The summed E-state index contributed by atoms with van der Waals surface area (Å²) in [6, 6.07) is 13.9. The van der Waals surface area contributed by atoms with E-state index in [4.69, 9.17) is 4.74 Å². The summed E-state index contributed by atoms with van der Waals surface area (Å²) in [5, 5.41) is 0. The zero-order valence-corrected chi connectivity index (χ0v) is 17.1. The molecule has 0 radical (unpaired) electrons. The number of aryl methyl sites for hydroxylation is 1. The average molecular weight is 407 g/mol. The first-order valence-electron chi connectivity index (χ1n) is 10.3. The third kappa shape index (κ3) is 4.87. The summed E-state index contributed by atoms with van der Waals surface area (Å²) in [7, 11) is 0. The molecule has 4 rings (SSSR count). The molecule has 3 aromatic rings. The van der Waals surface area contributed by atoms with E-state index in [1.54, 1.807) is 18.3 Å². The van der Waals surface area contributed by atoms with E-state index >= 15 is 0 Å². The third-order valence-corrected chi connectivity index (χ3v) is 5.56. The minimum absolute atomic E-state index is 0.0608. The van der Waals surface area contributed by atoms with E-state index in [0.29, 0.717) is 31.0 Å². The van der Waals surface area contributed by atoms with Crippen molar-refractivity contribution in [2.45, 2.75) is 26.3 Å². The van der Waals surface area contributed by atoms with Crippen molar-refractivity contribution >= 4 is 5.91 Å². The summed E-state index contributed by atoms with van der Waals surface area (Å²) >= 11 is 0. The fraction of sp³-hybridized carbons (Fsp3) is 0.333. The van der Waals surface area contributed by atoms with Gasteiger partial charge in [0.1, 0.15) is 17.4 Å². The van der Waals surface area contributed by atoms with E-state index in [1.807, 2.05) is 42.3 Å². The van der Waals surface area contributed by atoms with Crippen molar-refractivity contribution in [1.82, 2.24) is 14.5 Å². The summed E-state index contributed by atoms with van der Waals surface area (Å²) in [5.41, 5.74) is 1.79. The Balaban J connectivity index is 1.37. The summed E-state index contributed by atoms with van der Waals surface area (Å²) in [6.45, 7) is 4.62. The van der Waals surface area contributed by atoms with Crippen LogP contribution in [0, 0.1) is 18.7 Å². The standard InChI is InChI=1S/C24H26FN3O2/c1-18-26-11-13-27(18)15-19-4-2-6-21(14-19)24(29)28-12-3-5-20(16-28)17-30-23-9-7-22(25)8-10-23/h2,4,6-11,13-14,20H,3,5,12,15-17H2,1H3. The number of ether oxygens (including phenoxy) is 1. The largest absolute Gasteiger partial charge is 0.493 e. The molecule has 2 aromatic carbocycles. The molecule has 6 heteroatoms. The quantitative estimate of drug-likeness (QED) is 0.612. The number of nitrogens with zero attached hydrogens (tertiary/aromatic N) is 3.